The molecule has 0 aromatic heterocycles. The van der Waals surface area contributed by atoms with E-state index in [0.29, 0.717) is 0 Å². The van der Waals surface area contributed by atoms with Gasteiger partial charge in [0.05, 0.1) is 11.6 Å². The lowest BCUT2D eigenvalue weighted by Crippen LogP contribution is -2.13. The van der Waals surface area contributed by atoms with Crippen LogP contribution in [0, 0.1) is 0 Å². The molecule has 0 aliphatic heterocycles. The van der Waals surface area contributed by atoms with Crippen LogP contribution in [0.15, 0.2) is 12.1 Å². The van der Waals surface area contributed by atoms with Crippen molar-refractivity contribution in [2.45, 2.75) is 39.5 Å². The summed E-state index contributed by atoms with van der Waals surface area (Å²) in [4.78, 5) is 2.21. The van der Waals surface area contributed by atoms with Crippen LogP contribution in [0.5, 0.6) is 5.75 Å². The van der Waals surface area contributed by atoms with Crippen molar-refractivity contribution >= 4 is 11.6 Å². The highest BCUT2D eigenvalue weighted by Crippen LogP contribution is 2.32. The second kappa shape index (κ2) is 8.44. The predicted octanol–water partition coefficient (Wildman–Crippen LogP) is 4.19. The molecule has 108 valence electrons. The number of hydrogen-bond acceptors (Lipinski definition) is 2. The molecule has 0 unspecified atom stereocenters. The first-order chi connectivity index (χ1) is 9.08. The quantitative estimate of drug-likeness (QED) is 0.709. The van der Waals surface area contributed by atoms with Crippen LogP contribution >= 0.6 is 11.6 Å². The number of benzene rings is 1. The molecule has 0 N–H and O–H groups in total. The standard InChI is InChI=1S/C16H26ClNO/c1-5-10-19-16-14(8-7-9-18(3)4)11-13(6-2)12-15(16)17/h11-12H,5-10H2,1-4H3. The van der Waals surface area contributed by atoms with E-state index in [9.17, 15) is 0 Å². The first kappa shape index (κ1) is 16.3. The van der Waals surface area contributed by atoms with Crippen LogP contribution in [-0.2, 0) is 12.8 Å². The molecule has 0 saturated heterocycles. The van der Waals surface area contributed by atoms with Crippen molar-refractivity contribution in [1.29, 1.82) is 0 Å². The number of nitrogens with zero attached hydrogens (tertiary/aromatic N) is 1. The van der Waals surface area contributed by atoms with Gasteiger partial charge in [-0.2, -0.15) is 0 Å². The zero-order chi connectivity index (χ0) is 14.3. The van der Waals surface area contributed by atoms with Crippen LogP contribution in [0.4, 0.5) is 0 Å². The van der Waals surface area contributed by atoms with E-state index in [2.05, 4.69) is 38.9 Å². The highest BCUT2D eigenvalue weighted by atomic mass is 35.5. The molecule has 1 rings (SSSR count). The molecule has 0 aliphatic rings. The van der Waals surface area contributed by atoms with Gasteiger partial charge in [-0.25, -0.2) is 0 Å². The van der Waals surface area contributed by atoms with Crippen molar-refractivity contribution in [3.8, 4) is 5.75 Å². The Kier molecular flexibility index (Phi) is 7.25. The minimum atomic E-state index is 0.728. The Hall–Kier alpha value is -0.730. The molecule has 19 heavy (non-hydrogen) atoms. The monoisotopic (exact) mass is 283 g/mol. The van der Waals surface area contributed by atoms with Gasteiger partial charge in [0.1, 0.15) is 5.75 Å². The van der Waals surface area contributed by atoms with E-state index in [-0.39, 0.29) is 0 Å². The third-order valence-electron chi connectivity index (χ3n) is 3.09. The zero-order valence-electron chi connectivity index (χ0n) is 12.6. The van der Waals surface area contributed by atoms with Crippen molar-refractivity contribution in [2.75, 3.05) is 27.2 Å². The predicted molar refractivity (Wildman–Crippen MR) is 83.5 cm³/mol. The Morgan fingerprint density at radius 2 is 1.95 bits per heavy atom. The minimum absolute atomic E-state index is 0.728. The van der Waals surface area contributed by atoms with Crippen molar-refractivity contribution in [2.24, 2.45) is 0 Å². The van der Waals surface area contributed by atoms with Crippen molar-refractivity contribution in [1.82, 2.24) is 4.90 Å². The third-order valence-corrected chi connectivity index (χ3v) is 3.37. The Bertz CT molecular complexity index is 391. The Morgan fingerprint density at radius 1 is 1.21 bits per heavy atom. The van der Waals surface area contributed by atoms with E-state index in [0.717, 1.165) is 49.6 Å². The molecule has 3 heteroatoms. The summed E-state index contributed by atoms with van der Waals surface area (Å²) >= 11 is 6.36. The molecule has 1 aromatic rings. The Morgan fingerprint density at radius 3 is 2.53 bits per heavy atom. The molecular weight excluding hydrogens is 258 g/mol. The summed E-state index contributed by atoms with van der Waals surface area (Å²) in [5.41, 5.74) is 2.54. The summed E-state index contributed by atoms with van der Waals surface area (Å²) in [6.07, 6.45) is 4.15. The summed E-state index contributed by atoms with van der Waals surface area (Å²) in [5.74, 6) is 0.888. The van der Waals surface area contributed by atoms with Gasteiger partial charge in [-0.15, -0.1) is 0 Å². The zero-order valence-corrected chi connectivity index (χ0v) is 13.4. The van der Waals surface area contributed by atoms with Crippen molar-refractivity contribution in [3.05, 3.63) is 28.3 Å². The fourth-order valence-electron chi connectivity index (χ4n) is 2.05. The first-order valence-corrected chi connectivity index (χ1v) is 7.55. The van der Waals surface area contributed by atoms with Gasteiger partial charge in [-0.05, 0) is 63.5 Å². The first-order valence-electron chi connectivity index (χ1n) is 7.17. The summed E-state index contributed by atoms with van der Waals surface area (Å²) in [7, 11) is 4.20. The SMILES string of the molecule is CCCOc1c(Cl)cc(CC)cc1CCCN(C)C. The summed E-state index contributed by atoms with van der Waals surface area (Å²) in [6, 6.07) is 4.27. The van der Waals surface area contributed by atoms with Gasteiger partial charge in [-0.1, -0.05) is 31.5 Å². The molecule has 1 aromatic carbocycles. The van der Waals surface area contributed by atoms with E-state index < -0.39 is 0 Å². The highest BCUT2D eigenvalue weighted by Gasteiger charge is 2.10. The highest BCUT2D eigenvalue weighted by molar-refractivity contribution is 6.32. The van der Waals surface area contributed by atoms with Crippen LogP contribution in [0.3, 0.4) is 0 Å². The molecule has 0 atom stereocenters. The smallest absolute Gasteiger partial charge is 0.141 e. The number of ether oxygens (including phenoxy) is 1. The molecule has 0 bridgehead atoms. The molecule has 0 radical (unpaired) electrons. The van der Waals surface area contributed by atoms with Gasteiger partial charge in [-0.3, -0.25) is 0 Å². The van der Waals surface area contributed by atoms with Crippen LogP contribution < -0.4 is 4.74 Å². The molecule has 0 aliphatic carbocycles. The van der Waals surface area contributed by atoms with Crippen molar-refractivity contribution in [3.63, 3.8) is 0 Å². The van der Waals surface area contributed by atoms with Gasteiger partial charge >= 0.3 is 0 Å². The normalized spacial score (nSPS) is 11.1. The molecule has 0 saturated carbocycles. The topological polar surface area (TPSA) is 12.5 Å². The minimum Gasteiger partial charge on any atom is -0.492 e. The van der Waals surface area contributed by atoms with Crippen LogP contribution in [0.25, 0.3) is 0 Å². The molecular formula is C16H26ClNO. The number of aryl methyl sites for hydroxylation is 2. The molecule has 0 fully saturated rings. The Labute approximate surface area is 122 Å². The average Bonchev–Trinajstić information content (AvgIpc) is 2.37. The second-order valence-electron chi connectivity index (χ2n) is 5.17. The Balaban J connectivity index is 2.85. The van der Waals surface area contributed by atoms with Gasteiger partial charge in [0.2, 0.25) is 0 Å². The fraction of sp³-hybridized carbons (Fsp3) is 0.625. The second-order valence-corrected chi connectivity index (χ2v) is 5.58. The lowest BCUT2D eigenvalue weighted by molar-refractivity contribution is 0.313. The van der Waals surface area contributed by atoms with E-state index in [4.69, 9.17) is 16.3 Å². The summed E-state index contributed by atoms with van der Waals surface area (Å²) in [5, 5.41) is 0.757. The molecule has 0 heterocycles. The van der Waals surface area contributed by atoms with Crippen LogP contribution in [0.1, 0.15) is 37.8 Å². The summed E-state index contributed by atoms with van der Waals surface area (Å²) < 4.78 is 5.83. The van der Waals surface area contributed by atoms with Gasteiger partial charge < -0.3 is 9.64 Å². The van der Waals surface area contributed by atoms with E-state index >= 15 is 0 Å². The molecule has 0 spiro atoms. The van der Waals surface area contributed by atoms with E-state index in [1.165, 1.54) is 11.1 Å². The van der Waals surface area contributed by atoms with Crippen LogP contribution in [-0.4, -0.2) is 32.1 Å². The average molecular weight is 284 g/mol. The molecule has 2 nitrogen and oxygen atoms in total. The number of rotatable bonds is 8. The summed E-state index contributed by atoms with van der Waals surface area (Å²) in [6.45, 7) is 6.08. The number of hydrogen-bond donors (Lipinski definition) is 0. The van der Waals surface area contributed by atoms with Crippen molar-refractivity contribution < 1.29 is 4.74 Å². The molecule has 0 amide bonds. The largest absolute Gasteiger partial charge is 0.492 e. The van der Waals surface area contributed by atoms with E-state index in [1.807, 2.05) is 6.07 Å². The third kappa shape index (κ3) is 5.42. The number of halogens is 1. The van der Waals surface area contributed by atoms with E-state index in [1.54, 1.807) is 0 Å². The fourth-order valence-corrected chi connectivity index (χ4v) is 2.37. The van der Waals surface area contributed by atoms with Crippen LogP contribution in [0.2, 0.25) is 5.02 Å². The maximum atomic E-state index is 6.36. The van der Waals surface area contributed by atoms with Gasteiger partial charge in [0.15, 0.2) is 0 Å². The van der Waals surface area contributed by atoms with Gasteiger partial charge in [0, 0.05) is 0 Å². The maximum absolute atomic E-state index is 6.36. The lowest BCUT2D eigenvalue weighted by Gasteiger charge is -2.15. The maximum Gasteiger partial charge on any atom is 0.141 e. The lowest BCUT2D eigenvalue weighted by atomic mass is 10.0. The van der Waals surface area contributed by atoms with Gasteiger partial charge in [0.25, 0.3) is 0 Å².